The van der Waals surface area contributed by atoms with Gasteiger partial charge in [0.2, 0.25) is 0 Å². The van der Waals surface area contributed by atoms with Crippen LogP contribution >= 0.6 is 23.2 Å². The van der Waals surface area contributed by atoms with Crippen LogP contribution in [0.1, 0.15) is 5.56 Å². The van der Waals surface area contributed by atoms with Crippen LogP contribution in [0.5, 0.6) is 0 Å². The second-order valence-electron chi connectivity index (χ2n) is 2.25. The first-order chi connectivity index (χ1) is 5.02. The molecule has 4 heteroatoms. The average Bonchev–Trinajstić information content (AvgIpc) is 1.86. The van der Waals surface area contributed by atoms with Crippen molar-refractivity contribution in [2.45, 2.75) is 5.12 Å². The standard InChI is InChI=1S/C7H8Cl2N2/c8-6-4-2-1-3-5(6)7(9,10)11/h1-4H,10-11H2. The van der Waals surface area contributed by atoms with E-state index in [-0.39, 0.29) is 0 Å². The summed E-state index contributed by atoms with van der Waals surface area (Å²) in [6, 6.07) is 6.94. The van der Waals surface area contributed by atoms with Gasteiger partial charge in [-0.3, -0.25) is 11.5 Å². The van der Waals surface area contributed by atoms with Crippen LogP contribution in [0.3, 0.4) is 0 Å². The lowest BCUT2D eigenvalue weighted by molar-refractivity contribution is 0.680. The lowest BCUT2D eigenvalue weighted by atomic mass is 10.2. The van der Waals surface area contributed by atoms with E-state index in [2.05, 4.69) is 0 Å². The number of benzene rings is 1. The van der Waals surface area contributed by atoms with Gasteiger partial charge in [-0.25, -0.2) is 0 Å². The number of rotatable bonds is 1. The molecule has 1 rings (SSSR count). The van der Waals surface area contributed by atoms with Gasteiger partial charge in [0.15, 0.2) is 5.12 Å². The summed E-state index contributed by atoms with van der Waals surface area (Å²) in [5.41, 5.74) is 11.4. The number of alkyl halides is 1. The van der Waals surface area contributed by atoms with E-state index in [0.717, 1.165) is 0 Å². The summed E-state index contributed by atoms with van der Waals surface area (Å²) in [5.74, 6) is 0. The molecule has 0 saturated heterocycles. The smallest absolute Gasteiger partial charge is 0.169 e. The molecule has 0 aliphatic rings. The SMILES string of the molecule is NC(N)(Cl)c1ccccc1Cl. The van der Waals surface area contributed by atoms with Crippen LogP contribution in [0.2, 0.25) is 5.02 Å². The number of hydrogen-bond acceptors (Lipinski definition) is 2. The van der Waals surface area contributed by atoms with E-state index >= 15 is 0 Å². The topological polar surface area (TPSA) is 52.0 Å². The molecule has 0 fully saturated rings. The van der Waals surface area contributed by atoms with Crippen molar-refractivity contribution in [1.82, 2.24) is 0 Å². The summed E-state index contributed by atoms with van der Waals surface area (Å²) < 4.78 is 0. The van der Waals surface area contributed by atoms with Crippen molar-refractivity contribution in [2.24, 2.45) is 11.5 Å². The van der Waals surface area contributed by atoms with Crippen molar-refractivity contribution in [2.75, 3.05) is 0 Å². The molecule has 1 aromatic rings. The normalized spacial score (nSPS) is 11.6. The highest BCUT2D eigenvalue weighted by molar-refractivity contribution is 6.33. The largest absolute Gasteiger partial charge is 0.297 e. The molecule has 60 valence electrons. The van der Waals surface area contributed by atoms with E-state index in [0.29, 0.717) is 10.6 Å². The van der Waals surface area contributed by atoms with Gasteiger partial charge < -0.3 is 0 Å². The van der Waals surface area contributed by atoms with Crippen molar-refractivity contribution in [3.05, 3.63) is 34.9 Å². The summed E-state index contributed by atoms with van der Waals surface area (Å²) in [6.45, 7) is 0. The summed E-state index contributed by atoms with van der Waals surface area (Å²) in [6.07, 6.45) is 0. The summed E-state index contributed by atoms with van der Waals surface area (Å²) in [7, 11) is 0. The molecule has 0 aromatic heterocycles. The van der Waals surface area contributed by atoms with E-state index in [1.54, 1.807) is 24.3 Å². The van der Waals surface area contributed by atoms with E-state index < -0.39 is 5.12 Å². The Morgan fingerprint density at radius 3 is 2.09 bits per heavy atom. The Hall–Kier alpha value is -0.280. The first kappa shape index (κ1) is 8.81. The molecule has 0 aliphatic carbocycles. The second kappa shape index (κ2) is 2.99. The van der Waals surface area contributed by atoms with Crippen LogP contribution in [0.25, 0.3) is 0 Å². The van der Waals surface area contributed by atoms with Crippen LogP contribution in [0, 0.1) is 0 Å². The highest BCUT2D eigenvalue weighted by Gasteiger charge is 2.19. The Balaban J connectivity index is 3.14. The van der Waals surface area contributed by atoms with Crippen molar-refractivity contribution < 1.29 is 0 Å². The van der Waals surface area contributed by atoms with Crippen molar-refractivity contribution in [3.63, 3.8) is 0 Å². The van der Waals surface area contributed by atoms with E-state index in [4.69, 9.17) is 34.7 Å². The fraction of sp³-hybridized carbons (Fsp3) is 0.143. The zero-order valence-electron chi connectivity index (χ0n) is 5.72. The fourth-order valence-electron chi connectivity index (χ4n) is 0.772. The maximum atomic E-state index is 5.76. The lowest BCUT2D eigenvalue weighted by Crippen LogP contribution is -2.40. The second-order valence-corrected chi connectivity index (χ2v) is 3.28. The van der Waals surface area contributed by atoms with Gasteiger partial charge in [-0.2, -0.15) is 0 Å². The number of hydrogen-bond donors (Lipinski definition) is 2. The monoisotopic (exact) mass is 190 g/mol. The van der Waals surface area contributed by atoms with Gasteiger partial charge in [-0.15, -0.1) is 0 Å². The molecule has 0 bridgehead atoms. The molecule has 0 heterocycles. The molecule has 0 aliphatic heterocycles. The minimum absolute atomic E-state index is 0.479. The van der Waals surface area contributed by atoms with E-state index in [1.165, 1.54) is 0 Å². The highest BCUT2D eigenvalue weighted by Crippen LogP contribution is 2.24. The molecule has 0 amide bonds. The molecule has 11 heavy (non-hydrogen) atoms. The molecular weight excluding hydrogens is 183 g/mol. The predicted molar refractivity (Wildman–Crippen MR) is 47.4 cm³/mol. The molecule has 2 nitrogen and oxygen atoms in total. The zero-order chi connectivity index (χ0) is 8.48. The zero-order valence-corrected chi connectivity index (χ0v) is 7.23. The molecule has 0 atom stereocenters. The maximum absolute atomic E-state index is 5.76. The van der Waals surface area contributed by atoms with E-state index in [1.807, 2.05) is 0 Å². The maximum Gasteiger partial charge on any atom is 0.169 e. The molecule has 0 unspecified atom stereocenters. The van der Waals surface area contributed by atoms with Gasteiger partial charge in [-0.1, -0.05) is 41.4 Å². The van der Waals surface area contributed by atoms with Crippen molar-refractivity contribution in [3.8, 4) is 0 Å². The summed E-state index contributed by atoms with van der Waals surface area (Å²) in [5, 5.41) is -0.897. The average molecular weight is 191 g/mol. The third-order valence-corrected chi connectivity index (χ3v) is 1.82. The molecule has 0 radical (unpaired) electrons. The van der Waals surface area contributed by atoms with Crippen LogP contribution in [0.4, 0.5) is 0 Å². The third kappa shape index (κ3) is 2.07. The Bertz CT molecular complexity index is 255. The third-order valence-electron chi connectivity index (χ3n) is 1.29. The number of halogens is 2. The molecule has 0 spiro atoms. The molecule has 4 N–H and O–H groups in total. The first-order valence-corrected chi connectivity index (χ1v) is 3.79. The van der Waals surface area contributed by atoms with Crippen molar-refractivity contribution in [1.29, 1.82) is 0 Å². The first-order valence-electron chi connectivity index (χ1n) is 3.03. The number of nitrogens with two attached hydrogens (primary N) is 2. The molecule has 0 saturated carbocycles. The Morgan fingerprint density at radius 2 is 1.73 bits per heavy atom. The quantitative estimate of drug-likeness (QED) is 0.402. The highest BCUT2D eigenvalue weighted by atomic mass is 35.5. The van der Waals surface area contributed by atoms with Crippen LogP contribution in [-0.4, -0.2) is 0 Å². The minimum Gasteiger partial charge on any atom is -0.297 e. The fourth-order valence-corrected chi connectivity index (χ4v) is 1.28. The minimum atomic E-state index is -1.38. The lowest BCUT2D eigenvalue weighted by Gasteiger charge is -2.17. The van der Waals surface area contributed by atoms with Gasteiger partial charge in [0, 0.05) is 10.6 Å². The van der Waals surface area contributed by atoms with E-state index in [9.17, 15) is 0 Å². The summed E-state index contributed by atoms with van der Waals surface area (Å²) >= 11 is 11.4. The predicted octanol–water partition coefficient (Wildman–Crippen LogP) is 1.61. The van der Waals surface area contributed by atoms with Crippen molar-refractivity contribution >= 4 is 23.2 Å². The van der Waals surface area contributed by atoms with Gasteiger partial charge in [-0.05, 0) is 6.07 Å². The van der Waals surface area contributed by atoms with Gasteiger partial charge in [0.05, 0.1) is 0 Å². The van der Waals surface area contributed by atoms with Gasteiger partial charge in [0.1, 0.15) is 0 Å². The van der Waals surface area contributed by atoms with Crippen LogP contribution in [-0.2, 0) is 5.12 Å². The van der Waals surface area contributed by atoms with Gasteiger partial charge in [0.25, 0.3) is 0 Å². The Labute approximate surface area is 75.1 Å². The Kier molecular flexibility index (Phi) is 2.40. The molecule has 1 aromatic carbocycles. The van der Waals surface area contributed by atoms with Gasteiger partial charge >= 0.3 is 0 Å². The van der Waals surface area contributed by atoms with Crippen LogP contribution in [0.15, 0.2) is 24.3 Å². The Morgan fingerprint density at radius 1 is 1.18 bits per heavy atom. The summed E-state index contributed by atoms with van der Waals surface area (Å²) in [4.78, 5) is 0. The van der Waals surface area contributed by atoms with Crippen LogP contribution < -0.4 is 11.5 Å². The molecular formula is C7H8Cl2N2.